The largest absolute Gasteiger partial charge is 0.383 e. The van der Waals surface area contributed by atoms with E-state index in [1.807, 2.05) is 0 Å². The smallest absolute Gasteiger partial charge is 0.169 e. The first-order valence-electron chi connectivity index (χ1n) is 5.94. The van der Waals surface area contributed by atoms with Crippen molar-refractivity contribution in [1.82, 2.24) is 15.1 Å². The number of hydrogen-bond donors (Lipinski definition) is 1. The van der Waals surface area contributed by atoms with Gasteiger partial charge in [0.15, 0.2) is 5.11 Å². The fourth-order valence-electron chi connectivity index (χ4n) is 2.02. The molecule has 1 fully saturated rings. The van der Waals surface area contributed by atoms with Crippen LogP contribution in [0.5, 0.6) is 0 Å². The van der Waals surface area contributed by atoms with Crippen LogP contribution in [-0.2, 0) is 4.74 Å². The van der Waals surface area contributed by atoms with E-state index in [0.29, 0.717) is 12.6 Å². The molecule has 0 aliphatic carbocycles. The summed E-state index contributed by atoms with van der Waals surface area (Å²) in [5.41, 5.74) is 0. The van der Waals surface area contributed by atoms with E-state index in [1.165, 1.54) is 0 Å². The molecule has 0 aromatic rings. The molecule has 94 valence electrons. The first-order valence-corrected chi connectivity index (χ1v) is 6.35. The molecule has 1 aliphatic rings. The van der Waals surface area contributed by atoms with Gasteiger partial charge in [0.05, 0.1) is 6.61 Å². The second-order valence-electron chi connectivity index (χ2n) is 4.15. The van der Waals surface area contributed by atoms with Crippen molar-refractivity contribution in [1.29, 1.82) is 0 Å². The molecule has 16 heavy (non-hydrogen) atoms. The van der Waals surface area contributed by atoms with Gasteiger partial charge in [-0.3, -0.25) is 4.90 Å². The lowest BCUT2D eigenvalue weighted by Gasteiger charge is -2.40. The van der Waals surface area contributed by atoms with Crippen LogP contribution in [0.1, 0.15) is 13.8 Å². The van der Waals surface area contributed by atoms with Crippen molar-refractivity contribution >= 4 is 17.3 Å². The van der Waals surface area contributed by atoms with Gasteiger partial charge in [0.25, 0.3) is 0 Å². The lowest BCUT2D eigenvalue weighted by molar-refractivity contribution is 0.128. The third-order valence-electron chi connectivity index (χ3n) is 3.04. The summed E-state index contributed by atoms with van der Waals surface area (Å²) in [6.07, 6.45) is 0. The van der Waals surface area contributed by atoms with Gasteiger partial charge in [0.1, 0.15) is 0 Å². The van der Waals surface area contributed by atoms with E-state index < -0.39 is 0 Å². The van der Waals surface area contributed by atoms with E-state index in [0.717, 1.165) is 37.8 Å². The van der Waals surface area contributed by atoms with Gasteiger partial charge in [0, 0.05) is 39.3 Å². The molecule has 1 rings (SSSR count). The van der Waals surface area contributed by atoms with Gasteiger partial charge < -0.3 is 15.0 Å². The molecule has 0 amide bonds. The first kappa shape index (κ1) is 13.7. The number of hydrogen-bond acceptors (Lipinski definition) is 3. The van der Waals surface area contributed by atoms with E-state index >= 15 is 0 Å². The molecule has 4 nitrogen and oxygen atoms in total. The van der Waals surface area contributed by atoms with Crippen molar-refractivity contribution in [2.24, 2.45) is 0 Å². The van der Waals surface area contributed by atoms with Crippen molar-refractivity contribution < 1.29 is 4.74 Å². The molecule has 1 unspecified atom stereocenters. The fraction of sp³-hybridized carbons (Fsp3) is 0.909. The van der Waals surface area contributed by atoms with Gasteiger partial charge in [-0.25, -0.2) is 0 Å². The highest BCUT2D eigenvalue weighted by atomic mass is 32.1. The van der Waals surface area contributed by atoms with Gasteiger partial charge in [-0.1, -0.05) is 6.92 Å². The summed E-state index contributed by atoms with van der Waals surface area (Å²) >= 11 is 5.36. The predicted molar refractivity (Wildman–Crippen MR) is 70.8 cm³/mol. The van der Waals surface area contributed by atoms with E-state index in [4.69, 9.17) is 17.0 Å². The van der Waals surface area contributed by atoms with Crippen LogP contribution in [0.4, 0.5) is 0 Å². The number of rotatable bonds is 4. The standard InChI is InChI=1S/C11H23N3OS/c1-4-13-6-7-14(9-10(13)2)11(16)12-5-8-15-3/h10H,4-9H2,1-3H3,(H,12,16). The molecule has 1 heterocycles. The van der Waals surface area contributed by atoms with Crippen LogP contribution in [0.3, 0.4) is 0 Å². The maximum absolute atomic E-state index is 5.36. The molecule has 5 heteroatoms. The Morgan fingerprint density at radius 2 is 2.25 bits per heavy atom. The Labute approximate surface area is 104 Å². The zero-order valence-corrected chi connectivity index (χ0v) is 11.3. The third-order valence-corrected chi connectivity index (χ3v) is 3.44. The highest BCUT2D eigenvalue weighted by Gasteiger charge is 2.23. The quantitative estimate of drug-likeness (QED) is 0.576. The molecule has 0 radical (unpaired) electrons. The summed E-state index contributed by atoms with van der Waals surface area (Å²) in [5.74, 6) is 0. The van der Waals surface area contributed by atoms with Crippen molar-refractivity contribution in [2.45, 2.75) is 19.9 Å². The normalized spacial score (nSPS) is 22.2. The van der Waals surface area contributed by atoms with Crippen LogP contribution in [0.25, 0.3) is 0 Å². The summed E-state index contributed by atoms with van der Waals surface area (Å²) in [5, 5.41) is 4.08. The molecular weight excluding hydrogens is 222 g/mol. The van der Waals surface area contributed by atoms with Crippen molar-refractivity contribution in [3.63, 3.8) is 0 Å². The number of piperazine rings is 1. The Morgan fingerprint density at radius 3 is 2.81 bits per heavy atom. The van der Waals surface area contributed by atoms with E-state index in [-0.39, 0.29) is 0 Å². The monoisotopic (exact) mass is 245 g/mol. The van der Waals surface area contributed by atoms with Crippen LogP contribution in [-0.4, -0.2) is 67.4 Å². The Hall–Kier alpha value is -0.390. The fourth-order valence-corrected chi connectivity index (χ4v) is 2.29. The number of nitrogens with zero attached hydrogens (tertiary/aromatic N) is 2. The van der Waals surface area contributed by atoms with Crippen molar-refractivity contribution in [2.75, 3.05) is 46.4 Å². The summed E-state index contributed by atoms with van der Waals surface area (Å²) in [4.78, 5) is 4.73. The second kappa shape index (κ2) is 7.04. The van der Waals surface area contributed by atoms with E-state index in [1.54, 1.807) is 7.11 Å². The maximum atomic E-state index is 5.36. The van der Waals surface area contributed by atoms with Crippen LogP contribution in [0, 0.1) is 0 Å². The molecule has 0 aromatic carbocycles. The van der Waals surface area contributed by atoms with Gasteiger partial charge >= 0.3 is 0 Å². The first-order chi connectivity index (χ1) is 7.69. The van der Waals surface area contributed by atoms with Crippen LogP contribution in [0.2, 0.25) is 0 Å². The van der Waals surface area contributed by atoms with Gasteiger partial charge in [0.2, 0.25) is 0 Å². The second-order valence-corrected chi connectivity index (χ2v) is 4.54. The van der Waals surface area contributed by atoms with Crippen LogP contribution in [0.15, 0.2) is 0 Å². The Bertz CT molecular complexity index is 225. The molecule has 1 aliphatic heterocycles. The summed E-state index contributed by atoms with van der Waals surface area (Å²) in [6.45, 7) is 10.2. The molecule has 0 saturated carbocycles. The van der Waals surface area contributed by atoms with E-state index in [2.05, 4.69) is 29.0 Å². The average molecular weight is 245 g/mol. The number of methoxy groups -OCH3 is 1. The Morgan fingerprint density at radius 1 is 1.50 bits per heavy atom. The highest BCUT2D eigenvalue weighted by Crippen LogP contribution is 2.08. The summed E-state index contributed by atoms with van der Waals surface area (Å²) in [7, 11) is 1.70. The molecular formula is C11H23N3OS. The molecule has 1 N–H and O–H groups in total. The maximum Gasteiger partial charge on any atom is 0.169 e. The van der Waals surface area contributed by atoms with Gasteiger partial charge in [-0.2, -0.15) is 0 Å². The van der Waals surface area contributed by atoms with Crippen LogP contribution >= 0.6 is 12.2 Å². The Kier molecular flexibility index (Phi) is 6.01. The van der Waals surface area contributed by atoms with Crippen LogP contribution < -0.4 is 5.32 Å². The molecule has 1 atom stereocenters. The number of likely N-dealkylation sites (N-methyl/N-ethyl adjacent to an activating group) is 1. The van der Waals surface area contributed by atoms with Gasteiger partial charge in [-0.05, 0) is 25.7 Å². The topological polar surface area (TPSA) is 27.7 Å². The minimum absolute atomic E-state index is 0.584. The highest BCUT2D eigenvalue weighted by molar-refractivity contribution is 7.80. The molecule has 1 saturated heterocycles. The lowest BCUT2D eigenvalue weighted by Crippen LogP contribution is -2.55. The lowest BCUT2D eigenvalue weighted by atomic mass is 10.2. The summed E-state index contributed by atoms with van der Waals surface area (Å²) < 4.78 is 4.99. The predicted octanol–water partition coefficient (Wildman–Crippen LogP) is 0.533. The number of ether oxygens (including phenoxy) is 1. The average Bonchev–Trinajstić information content (AvgIpc) is 2.29. The minimum atomic E-state index is 0.584. The zero-order chi connectivity index (χ0) is 12.0. The van der Waals surface area contributed by atoms with Crippen molar-refractivity contribution in [3.05, 3.63) is 0 Å². The zero-order valence-electron chi connectivity index (χ0n) is 10.5. The Balaban J connectivity index is 2.30. The molecule has 0 bridgehead atoms. The molecule has 0 spiro atoms. The number of nitrogens with one attached hydrogen (secondary N) is 1. The number of thiocarbonyl (C=S) groups is 1. The summed E-state index contributed by atoms with van der Waals surface area (Å²) in [6, 6.07) is 0.584. The van der Waals surface area contributed by atoms with E-state index in [9.17, 15) is 0 Å². The van der Waals surface area contributed by atoms with Crippen molar-refractivity contribution in [3.8, 4) is 0 Å². The third kappa shape index (κ3) is 3.88. The molecule has 0 aromatic heterocycles. The minimum Gasteiger partial charge on any atom is -0.383 e. The SMILES string of the molecule is CCN1CCN(C(=S)NCCOC)CC1C. The van der Waals surface area contributed by atoms with Gasteiger partial charge in [-0.15, -0.1) is 0 Å².